The van der Waals surface area contributed by atoms with E-state index in [1.54, 1.807) is 11.3 Å². The number of hydrogen-bond donors (Lipinski definition) is 1. The molecule has 0 radical (unpaired) electrons. The van der Waals surface area contributed by atoms with Crippen molar-refractivity contribution in [3.63, 3.8) is 0 Å². The van der Waals surface area contributed by atoms with Crippen LogP contribution in [0.15, 0.2) is 12.1 Å². The minimum atomic E-state index is -0.671. The molecule has 0 aromatic carbocycles. The van der Waals surface area contributed by atoms with Gasteiger partial charge in [0, 0.05) is 9.75 Å². The molecule has 1 atom stereocenters. The molecule has 0 bridgehead atoms. The van der Waals surface area contributed by atoms with Crippen molar-refractivity contribution < 1.29 is 9.90 Å². The third-order valence-electron chi connectivity index (χ3n) is 3.87. The zero-order chi connectivity index (χ0) is 11.8. The molecule has 2 rings (SSSR count). The largest absolute Gasteiger partial charge is 0.481 e. The van der Waals surface area contributed by atoms with E-state index in [4.69, 9.17) is 0 Å². The Labute approximate surface area is 100 Å². The van der Waals surface area contributed by atoms with Crippen molar-refractivity contribution in [3.05, 3.63) is 21.9 Å². The molecule has 1 fully saturated rings. The fourth-order valence-electron chi connectivity index (χ4n) is 2.70. The van der Waals surface area contributed by atoms with Crippen molar-refractivity contribution in [2.75, 3.05) is 0 Å². The topological polar surface area (TPSA) is 37.3 Å². The second kappa shape index (κ2) is 4.21. The zero-order valence-corrected chi connectivity index (χ0v) is 10.6. The van der Waals surface area contributed by atoms with Gasteiger partial charge in [-0.3, -0.25) is 4.79 Å². The van der Waals surface area contributed by atoms with E-state index in [0.717, 1.165) is 17.7 Å². The Morgan fingerprint density at radius 1 is 1.44 bits per heavy atom. The minimum absolute atomic E-state index is 0.308. The maximum Gasteiger partial charge on any atom is 0.314 e. The highest BCUT2D eigenvalue weighted by molar-refractivity contribution is 7.12. The van der Waals surface area contributed by atoms with E-state index in [-0.39, 0.29) is 0 Å². The summed E-state index contributed by atoms with van der Waals surface area (Å²) in [5.41, 5.74) is -0.671. The Morgan fingerprint density at radius 3 is 2.50 bits per heavy atom. The lowest BCUT2D eigenvalue weighted by Gasteiger charge is -2.30. The Hall–Kier alpha value is -0.830. The first-order chi connectivity index (χ1) is 7.55. The Kier molecular flexibility index (Phi) is 3.06. The van der Waals surface area contributed by atoms with Gasteiger partial charge in [0.2, 0.25) is 0 Å². The number of carboxylic acids is 1. The molecule has 88 valence electrons. The third kappa shape index (κ3) is 1.77. The minimum Gasteiger partial charge on any atom is -0.481 e. The molecule has 0 spiro atoms. The number of aliphatic carboxylic acids is 1. The van der Waals surface area contributed by atoms with E-state index < -0.39 is 11.4 Å². The van der Waals surface area contributed by atoms with Gasteiger partial charge in [0.1, 0.15) is 5.41 Å². The van der Waals surface area contributed by atoms with Crippen LogP contribution in [0.1, 0.15) is 42.4 Å². The predicted octanol–water partition coefficient (Wildman–Crippen LogP) is 3.59. The molecule has 1 aliphatic carbocycles. The molecule has 2 nitrogen and oxygen atoms in total. The van der Waals surface area contributed by atoms with Crippen molar-refractivity contribution >= 4 is 17.3 Å². The Balaban J connectivity index is 2.38. The Bertz CT molecular complexity index is 390. The van der Waals surface area contributed by atoms with Gasteiger partial charge in [0.15, 0.2) is 0 Å². The molecule has 1 aliphatic rings. The van der Waals surface area contributed by atoms with E-state index >= 15 is 0 Å². The monoisotopic (exact) mass is 238 g/mol. The van der Waals surface area contributed by atoms with E-state index in [9.17, 15) is 9.90 Å². The summed E-state index contributed by atoms with van der Waals surface area (Å²) in [4.78, 5) is 13.8. The van der Waals surface area contributed by atoms with E-state index in [1.807, 2.05) is 26.0 Å². The van der Waals surface area contributed by atoms with Crippen LogP contribution in [0.2, 0.25) is 0 Å². The molecule has 3 heteroatoms. The van der Waals surface area contributed by atoms with Crippen LogP contribution in [0.3, 0.4) is 0 Å². The van der Waals surface area contributed by atoms with Crippen LogP contribution in [-0.4, -0.2) is 11.1 Å². The van der Waals surface area contributed by atoms with Crippen molar-refractivity contribution in [2.45, 2.75) is 44.9 Å². The molecule has 0 amide bonds. The first-order valence-corrected chi connectivity index (χ1v) is 6.67. The van der Waals surface area contributed by atoms with Crippen molar-refractivity contribution in [1.82, 2.24) is 0 Å². The van der Waals surface area contributed by atoms with Gasteiger partial charge < -0.3 is 5.11 Å². The highest BCUT2D eigenvalue weighted by Gasteiger charge is 2.44. The summed E-state index contributed by atoms with van der Waals surface area (Å²) < 4.78 is 0. The second-order valence-electron chi connectivity index (χ2n) is 4.90. The number of aryl methyl sites for hydroxylation is 1. The zero-order valence-electron chi connectivity index (χ0n) is 9.82. The normalized spacial score (nSPS) is 20.9. The SMILES string of the molecule is Cc1ccc([C@@](C)(C(=O)O)C2CCCC2)s1. The van der Waals surface area contributed by atoms with Crippen LogP contribution >= 0.6 is 11.3 Å². The van der Waals surface area contributed by atoms with Crippen LogP contribution in [-0.2, 0) is 10.2 Å². The molecule has 0 saturated heterocycles. The quantitative estimate of drug-likeness (QED) is 0.873. The lowest BCUT2D eigenvalue weighted by atomic mass is 9.75. The van der Waals surface area contributed by atoms with Gasteiger partial charge in [-0.05, 0) is 44.7 Å². The number of carbonyl (C=O) groups is 1. The molecule has 0 aliphatic heterocycles. The summed E-state index contributed by atoms with van der Waals surface area (Å²) >= 11 is 1.63. The first-order valence-electron chi connectivity index (χ1n) is 5.85. The summed E-state index contributed by atoms with van der Waals surface area (Å²) in [6.45, 7) is 3.93. The predicted molar refractivity (Wildman–Crippen MR) is 66.0 cm³/mol. The van der Waals surface area contributed by atoms with Gasteiger partial charge in [-0.1, -0.05) is 12.8 Å². The maximum atomic E-state index is 11.6. The van der Waals surface area contributed by atoms with Crippen molar-refractivity contribution in [1.29, 1.82) is 0 Å². The summed E-state index contributed by atoms with van der Waals surface area (Å²) in [7, 11) is 0. The standard InChI is InChI=1S/C13H18O2S/c1-9-7-8-11(16-9)13(2,12(14)15)10-5-3-4-6-10/h7-8,10H,3-6H2,1-2H3,(H,14,15)/t13-/m0/s1. The summed E-state index contributed by atoms with van der Waals surface area (Å²) in [5, 5.41) is 9.56. The fraction of sp³-hybridized carbons (Fsp3) is 0.615. The van der Waals surface area contributed by atoms with E-state index in [2.05, 4.69) is 0 Å². The van der Waals surface area contributed by atoms with Crippen LogP contribution in [0.25, 0.3) is 0 Å². The lowest BCUT2D eigenvalue weighted by Crippen LogP contribution is -2.38. The van der Waals surface area contributed by atoms with Crippen LogP contribution in [0.5, 0.6) is 0 Å². The molecular weight excluding hydrogens is 220 g/mol. The Morgan fingerprint density at radius 2 is 2.06 bits per heavy atom. The van der Waals surface area contributed by atoms with Gasteiger partial charge in [0.25, 0.3) is 0 Å². The fourth-order valence-corrected chi connectivity index (χ4v) is 3.78. The molecule has 16 heavy (non-hydrogen) atoms. The molecule has 1 aromatic rings. The molecule has 0 unspecified atom stereocenters. The van der Waals surface area contributed by atoms with Crippen LogP contribution in [0.4, 0.5) is 0 Å². The smallest absolute Gasteiger partial charge is 0.314 e. The van der Waals surface area contributed by atoms with E-state index in [1.165, 1.54) is 17.7 Å². The van der Waals surface area contributed by atoms with Gasteiger partial charge in [-0.25, -0.2) is 0 Å². The van der Waals surface area contributed by atoms with Crippen molar-refractivity contribution in [3.8, 4) is 0 Å². The number of rotatable bonds is 3. The number of thiophene rings is 1. The summed E-state index contributed by atoms with van der Waals surface area (Å²) in [6.07, 6.45) is 4.47. The number of carboxylic acid groups (broad SMARTS) is 1. The highest BCUT2D eigenvalue weighted by Crippen LogP contribution is 2.44. The van der Waals surface area contributed by atoms with Crippen LogP contribution < -0.4 is 0 Å². The van der Waals surface area contributed by atoms with Gasteiger partial charge in [0.05, 0.1) is 0 Å². The molecule has 1 saturated carbocycles. The van der Waals surface area contributed by atoms with Gasteiger partial charge in [-0.15, -0.1) is 11.3 Å². The average molecular weight is 238 g/mol. The average Bonchev–Trinajstić information content (AvgIpc) is 2.86. The van der Waals surface area contributed by atoms with E-state index in [0.29, 0.717) is 5.92 Å². The lowest BCUT2D eigenvalue weighted by molar-refractivity contribution is -0.145. The number of hydrogen-bond acceptors (Lipinski definition) is 2. The summed E-state index contributed by atoms with van der Waals surface area (Å²) in [6, 6.07) is 4.02. The maximum absolute atomic E-state index is 11.6. The van der Waals surface area contributed by atoms with Crippen molar-refractivity contribution in [2.24, 2.45) is 5.92 Å². The second-order valence-corrected chi connectivity index (χ2v) is 6.19. The van der Waals surface area contributed by atoms with Crippen LogP contribution in [0, 0.1) is 12.8 Å². The molecule has 1 heterocycles. The van der Waals surface area contributed by atoms with Gasteiger partial charge >= 0.3 is 5.97 Å². The summed E-state index contributed by atoms with van der Waals surface area (Å²) in [5.74, 6) is -0.357. The first kappa shape index (κ1) is 11.6. The molecule has 1 aromatic heterocycles. The third-order valence-corrected chi connectivity index (χ3v) is 5.11. The van der Waals surface area contributed by atoms with Gasteiger partial charge in [-0.2, -0.15) is 0 Å². The molecule has 1 N–H and O–H groups in total. The molecular formula is C13H18O2S. The highest BCUT2D eigenvalue weighted by atomic mass is 32.1.